The quantitative estimate of drug-likeness (QED) is 0.171. The summed E-state index contributed by atoms with van der Waals surface area (Å²) in [4.78, 5) is 15.1. The lowest BCUT2D eigenvalue weighted by Gasteiger charge is -2.51. The van der Waals surface area contributed by atoms with E-state index in [-0.39, 0.29) is 11.8 Å². The molecule has 41 heavy (non-hydrogen) atoms. The molecule has 4 rings (SSSR count). The number of nitrogens with zero attached hydrogens (tertiary/aromatic N) is 1. The van der Waals surface area contributed by atoms with E-state index in [1.807, 2.05) is 12.1 Å². The van der Waals surface area contributed by atoms with Crippen molar-refractivity contribution in [2.24, 2.45) is 23.2 Å². The van der Waals surface area contributed by atoms with Gasteiger partial charge in [0.25, 0.3) is 0 Å². The molecule has 3 aliphatic carbocycles. The van der Waals surface area contributed by atoms with Gasteiger partial charge < -0.3 is 10.0 Å². The predicted octanol–water partition coefficient (Wildman–Crippen LogP) is 8.64. The maximum atomic E-state index is 13.0. The lowest BCUT2D eigenvalue weighted by atomic mass is 9.52. The van der Waals surface area contributed by atoms with Crippen LogP contribution in [-0.2, 0) is 11.2 Å². The Bertz CT molecular complexity index is 1030. The van der Waals surface area contributed by atoms with Gasteiger partial charge >= 0.3 is 12.1 Å². The van der Waals surface area contributed by atoms with Crippen molar-refractivity contribution in [1.82, 2.24) is 4.90 Å². The van der Waals surface area contributed by atoms with Crippen molar-refractivity contribution in [3.8, 4) is 5.75 Å². The van der Waals surface area contributed by atoms with Gasteiger partial charge in [0.15, 0.2) is 0 Å². The number of halogens is 5. The summed E-state index contributed by atoms with van der Waals surface area (Å²) in [5, 5.41) is 10.2. The summed E-state index contributed by atoms with van der Waals surface area (Å²) in [7, 11) is 2.07. The number of phenolic OH excluding ortho intramolecular Hbond substituents is 1. The molecule has 0 saturated heterocycles. The molecule has 0 bridgehead atoms. The Morgan fingerprint density at radius 2 is 1.76 bits per heavy atom. The molecule has 5 atom stereocenters. The largest absolute Gasteiger partial charge is 0.508 e. The molecular formula is C32H46F5NO2S. The Morgan fingerprint density at radius 3 is 2.51 bits per heavy atom. The van der Waals surface area contributed by atoms with E-state index >= 15 is 0 Å². The lowest BCUT2D eigenvalue weighted by Crippen LogP contribution is -2.46. The molecule has 0 heterocycles. The maximum absolute atomic E-state index is 13.0. The first-order valence-corrected chi connectivity index (χ1v) is 16.5. The molecule has 0 aromatic heterocycles. The van der Waals surface area contributed by atoms with E-state index in [1.165, 1.54) is 22.9 Å². The number of hydrogen-bond donors (Lipinski definition) is 1. The topological polar surface area (TPSA) is 40.5 Å². The minimum absolute atomic E-state index is 0.140. The minimum atomic E-state index is -5.46. The number of benzene rings is 1. The van der Waals surface area contributed by atoms with Crippen molar-refractivity contribution >= 4 is 17.5 Å². The minimum Gasteiger partial charge on any atom is -0.508 e. The fourth-order valence-electron chi connectivity index (χ4n) is 7.98. The van der Waals surface area contributed by atoms with Crippen LogP contribution in [0.1, 0.15) is 94.6 Å². The number of alkyl halides is 5. The van der Waals surface area contributed by atoms with Crippen molar-refractivity contribution < 1.29 is 31.9 Å². The van der Waals surface area contributed by atoms with Crippen molar-refractivity contribution in [3.63, 3.8) is 0 Å². The summed E-state index contributed by atoms with van der Waals surface area (Å²) >= 11 is 1.44. The van der Waals surface area contributed by atoms with E-state index in [9.17, 15) is 31.9 Å². The highest BCUT2D eigenvalue weighted by Crippen LogP contribution is 2.61. The van der Waals surface area contributed by atoms with Crippen LogP contribution in [0.4, 0.5) is 22.0 Å². The molecule has 1 aromatic rings. The molecule has 2 fully saturated rings. The summed E-state index contributed by atoms with van der Waals surface area (Å²) in [5.74, 6) is -0.700. The number of aromatic hydroxyl groups is 1. The van der Waals surface area contributed by atoms with Crippen LogP contribution in [0.3, 0.4) is 0 Å². The second-order valence-corrected chi connectivity index (χ2v) is 14.2. The van der Waals surface area contributed by atoms with Crippen LogP contribution in [0.2, 0.25) is 0 Å². The van der Waals surface area contributed by atoms with E-state index in [2.05, 4.69) is 24.9 Å². The molecule has 0 radical (unpaired) electrons. The van der Waals surface area contributed by atoms with E-state index < -0.39 is 18.5 Å². The highest BCUT2D eigenvalue weighted by atomic mass is 32.2. The summed E-state index contributed by atoms with van der Waals surface area (Å²) in [6, 6.07) is 5.90. The number of rotatable bonds is 14. The first-order chi connectivity index (χ1) is 19.3. The van der Waals surface area contributed by atoms with Gasteiger partial charge in [0.05, 0.1) is 0 Å². The molecule has 9 heteroatoms. The van der Waals surface area contributed by atoms with E-state index in [0.717, 1.165) is 83.1 Å². The summed E-state index contributed by atoms with van der Waals surface area (Å²) in [6.07, 6.45) is 3.41. The number of unbranched alkanes of at least 4 members (excludes halogenated alkanes) is 2. The second kappa shape index (κ2) is 13.5. The van der Waals surface area contributed by atoms with E-state index in [0.29, 0.717) is 41.0 Å². The standard InChI is InChI=1S/C32H46F5NO2S/c1-30-15-13-26-25-10-9-24(39)21-23(25)20-22(29(26)27(30)11-12-28(30)40)8-4-3-5-16-38(2)17-7-19-41-18-6-14-31(33,34)32(35,36)37/h9-10,21-22,26-27,29,39H,3-8,11-20H2,1-2H3/t22-,26-,27+,29-,30+/m1/s1. The predicted molar refractivity (Wildman–Crippen MR) is 155 cm³/mol. The number of carbonyl (C=O) groups is 1. The normalized spacial score (nSPS) is 28.0. The van der Waals surface area contributed by atoms with Gasteiger partial charge in [-0.05, 0) is 130 Å². The number of phenols is 1. The van der Waals surface area contributed by atoms with Crippen LogP contribution >= 0.6 is 11.8 Å². The van der Waals surface area contributed by atoms with E-state index in [4.69, 9.17) is 0 Å². The third-order valence-corrected chi connectivity index (χ3v) is 11.4. The molecule has 2 saturated carbocycles. The van der Waals surface area contributed by atoms with Crippen molar-refractivity contribution in [3.05, 3.63) is 29.3 Å². The molecule has 3 nitrogen and oxygen atoms in total. The van der Waals surface area contributed by atoms with Crippen LogP contribution in [0.15, 0.2) is 18.2 Å². The summed E-state index contributed by atoms with van der Waals surface area (Å²) in [6.45, 7) is 4.07. The monoisotopic (exact) mass is 603 g/mol. The fourth-order valence-corrected chi connectivity index (χ4v) is 8.87. The lowest BCUT2D eigenvalue weighted by molar-refractivity contribution is -0.284. The maximum Gasteiger partial charge on any atom is 0.453 e. The SMILES string of the molecule is CN(CCCCC[C@@H]1Cc2cc(O)ccc2[C@H]2CC[C@]3(C)C(=O)CC[C@H]3[C@H]12)CCCSCCCC(F)(F)C(F)(F)F. The smallest absolute Gasteiger partial charge is 0.453 e. The van der Waals surface area contributed by atoms with Crippen molar-refractivity contribution in [1.29, 1.82) is 0 Å². The van der Waals surface area contributed by atoms with Crippen LogP contribution in [0, 0.1) is 23.2 Å². The average Bonchev–Trinajstić information content (AvgIpc) is 3.20. The van der Waals surface area contributed by atoms with E-state index in [1.54, 1.807) is 0 Å². The number of carbonyl (C=O) groups excluding carboxylic acids is 1. The third kappa shape index (κ3) is 7.60. The van der Waals surface area contributed by atoms with Gasteiger partial charge in [-0.3, -0.25) is 4.79 Å². The Hall–Kier alpha value is -1.35. The number of thioether (sulfide) groups is 1. The zero-order chi connectivity index (χ0) is 29.8. The highest BCUT2D eigenvalue weighted by molar-refractivity contribution is 7.99. The molecule has 0 unspecified atom stereocenters. The Morgan fingerprint density at radius 1 is 1.02 bits per heavy atom. The number of hydrogen-bond acceptors (Lipinski definition) is 4. The molecule has 232 valence electrons. The summed E-state index contributed by atoms with van der Waals surface area (Å²) in [5.41, 5.74) is 2.52. The van der Waals surface area contributed by atoms with Crippen LogP contribution in [0.25, 0.3) is 0 Å². The number of Topliss-reactive ketones (excluding diaryl/α,β-unsaturated/α-hetero) is 1. The van der Waals surface area contributed by atoms with Crippen LogP contribution in [0.5, 0.6) is 5.75 Å². The fraction of sp³-hybridized carbons (Fsp3) is 0.781. The molecule has 0 amide bonds. The molecular weight excluding hydrogens is 557 g/mol. The zero-order valence-electron chi connectivity index (χ0n) is 24.5. The first-order valence-electron chi connectivity index (χ1n) is 15.4. The molecule has 0 spiro atoms. The molecule has 1 N–H and O–H groups in total. The van der Waals surface area contributed by atoms with Gasteiger partial charge in [0.1, 0.15) is 11.5 Å². The molecule has 3 aliphatic rings. The van der Waals surface area contributed by atoms with Gasteiger partial charge in [-0.15, -0.1) is 0 Å². The van der Waals surface area contributed by atoms with Crippen molar-refractivity contribution in [2.45, 2.75) is 102 Å². The highest BCUT2D eigenvalue weighted by Gasteiger charge is 2.57. The van der Waals surface area contributed by atoms with Crippen LogP contribution < -0.4 is 0 Å². The van der Waals surface area contributed by atoms with Gasteiger partial charge in [0, 0.05) is 18.3 Å². The Kier molecular flexibility index (Phi) is 10.7. The molecule has 0 aliphatic heterocycles. The Balaban J connectivity index is 1.16. The molecule has 1 aromatic carbocycles. The van der Waals surface area contributed by atoms with Crippen LogP contribution in [-0.4, -0.2) is 59.5 Å². The Labute approximate surface area is 246 Å². The van der Waals surface area contributed by atoms with Crippen molar-refractivity contribution in [2.75, 3.05) is 31.6 Å². The van der Waals surface area contributed by atoms with Gasteiger partial charge in [-0.1, -0.05) is 25.8 Å². The second-order valence-electron chi connectivity index (χ2n) is 13.0. The average molecular weight is 604 g/mol. The summed E-state index contributed by atoms with van der Waals surface area (Å²) < 4.78 is 62.6. The van der Waals surface area contributed by atoms with Gasteiger partial charge in [0.2, 0.25) is 0 Å². The first kappa shape index (κ1) is 32.6. The number of fused-ring (bicyclic) bond motifs is 5. The van der Waals surface area contributed by atoms with Gasteiger partial charge in [-0.2, -0.15) is 33.7 Å². The zero-order valence-corrected chi connectivity index (χ0v) is 25.3. The number of ketones is 1. The van der Waals surface area contributed by atoms with Gasteiger partial charge in [-0.25, -0.2) is 0 Å². The third-order valence-electron chi connectivity index (χ3n) is 10.2.